The van der Waals surface area contributed by atoms with Gasteiger partial charge in [-0.3, -0.25) is 0 Å². The summed E-state index contributed by atoms with van der Waals surface area (Å²) in [4.78, 5) is 7.71. The zero-order valence-corrected chi connectivity index (χ0v) is 14.5. The third-order valence-electron chi connectivity index (χ3n) is 3.18. The van der Waals surface area contributed by atoms with Crippen molar-refractivity contribution in [1.82, 2.24) is 15.6 Å². The number of nitrogens with zero attached hydrogens (tertiary/aromatic N) is 3. The molecule has 2 N–H and O–H groups in total. The Morgan fingerprint density at radius 3 is 2.73 bits per heavy atom. The van der Waals surface area contributed by atoms with Gasteiger partial charge in [-0.05, 0) is 25.1 Å². The van der Waals surface area contributed by atoms with Gasteiger partial charge in [-0.2, -0.15) is 18.4 Å². The lowest BCUT2D eigenvalue weighted by atomic mass is 10.1. The van der Waals surface area contributed by atoms with Crippen LogP contribution in [0.4, 0.5) is 17.6 Å². The summed E-state index contributed by atoms with van der Waals surface area (Å²) in [6, 6.07) is 5.89. The van der Waals surface area contributed by atoms with Gasteiger partial charge in [0, 0.05) is 17.5 Å². The van der Waals surface area contributed by atoms with Crippen molar-refractivity contribution in [3.05, 3.63) is 51.2 Å². The summed E-state index contributed by atoms with van der Waals surface area (Å²) in [5.41, 5.74) is -0.372. The maximum atomic E-state index is 13.8. The lowest BCUT2D eigenvalue weighted by Gasteiger charge is -2.10. The fraction of sp³-hybridized carbons (Fsp3) is 0.312. The quantitative estimate of drug-likeness (QED) is 0.470. The number of thiazole rings is 1. The van der Waals surface area contributed by atoms with Gasteiger partial charge in [-0.15, -0.1) is 11.3 Å². The number of guanidine groups is 1. The normalized spacial score (nSPS) is 11.9. The minimum absolute atomic E-state index is 0.0254. The van der Waals surface area contributed by atoms with Crippen LogP contribution in [0.3, 0.4) is 0 Å². The van der Waals surface area contributed by atoms with Crippen LogP contribution in [0, 0.1) is 17.1 Å². The van der Waals surface area contributed by atoms with E-state index >= 15 is 0 Å². The second-order valence-corrected chi connectivity index (χ2v) is 6.03. The van der Waals surface area contributed by atoms with Crippen LogP contribution in [0.2, 0.25) is 0 Å². The zero-order valence-electron chi connectivity index (χ0n) is 13.7. The van der Waals surface area contributed by atoms with Crippen LogP contribution in [0.25, 0.3) is 0 Å². The first kappa shape index (κ1) is 19.7. The van der Waals surface area contributed by atoms with Gasteiger partial charge in [0.05, 0.1) is 24.7 Å². The van der Waals surface area contributed by atoms with Gasteiger partial charge >= 0.3 is 6.18 Å². The number of halogens is 4. The number of hydrogen-bond donors (Lipinski definition) is 2. The van der Waals surface area contributed by atoms with Crippen LogP contribution in [0.15, 0.2) is 28.6 Å². The Hall–Kier alpha value is -2.67. The Balaban J connectivity index is 2.05. The minimum atomic E-state index is -4.48. The molecule has 2 aromatic rings. The lowest BCUT2D eigenvalue weighted by molar-refractivity contribution is -0.140. The van der Waals surface area contributed by atoms with Crippen LogP contribution < -0.4 is 10.6 Å². The SMILES string of the molecule is CCNC(=NCc1cc(C#N)ccc1F)NCc1nc(C(F)(F)F)cs1. The molecule has 1 aromatic carbocycles. The fourth-order valence-corrected chi connectivity index (χ4v) is 2.69. The smallest absolute Gasteiger partial charge is 0.357 e. The van der Waals surface area contributed by atoms with Gasteiger partial charge in [0.15, 0.2) is 11.7 Å². The predicted molar refractivity (Wildman–Crippen MR) is 89.9 cm³/mol. The zero-order chi connectivity index (χ0) is 19.2. The molecule has 0 amide bonds. The first-order chi connectivity index (χ1) is 12.3. The summed E-state index contributed by atoms with van der Waals surface area (Å²) in [5.74, 6) is -0.184. The van der Waals surface area contributed by atoms with Crippen molar-refractivity contribution in [2.45, 2.75) is 26.2 Å². The van der Waals surface area contributed by atoms with E-state index < -0.39 is 17.7 Å². The van der Waals surface area contributed by atoms with Gasteiger partial charge in [0.25, 0.3) is 0 Å². The van der Waals surface area contributed by atoms with Gasteiger partial charge in [0.2, 0.25) is 0 Å². The molecule has 0 fully saturated rings. The molecule has 0 atom stereocenters. The number of aromatic nitrogens is 1. The summed E-state index contributed by atoms with van der Waals surface area (Å²) in [5, 5.41) is 15.8. The Kier molecular flexibility index (Phi) is 6.52. The highest BCUT2D eigenvalue weighted by Gasteiger charge is 2.33. The molecule has 26 heavy (non-hydrogen) atoms. The highest BCUT2D eigenvalue weighted by molar-refractivity contribution is 7.09. The molecule has 0 radical (unpaired) electrons. The maximum Gasteiger partial charge on any atom is 0.434 e. The Morgan fingerprint density at radius 1 is 1.35 bits per heavy atom. The van der Waals surface area contributed by atoms with Crippen molar-refractivity contribution in [2.24, 2.45) is 4.99 Å². The summed E-state index contributed by atoms with van der Waals surface area (Å²) >= 11 is 0.886. The number of nitriles is 1. The molecule has 138 valence electrons. The molecular weight excluding hydrogens is 370 g/mol. The van der Waals surface area contributed by atoms with E-state index in [2.05, 4.69) is 20.6 Å². The second kappa shape index (κ2) is 8.62. The van der Waals surface area contributed by atoms with Crippen molar-refractivity contribution in [3.8, 4) is 6.07 Å². The number of aliphatic imine (C=N–C) groups is 1. The second-order valence-electron chi connectivity index (χ2n) is 5.09. The first-order valence-corrected chi connectivity index (χ1v) is 8.43. The van der Waals surface area contributed by atoms with E-state index in [0.717, 1.165) is 16.7 Å². The van der Waals surface area contributed by atoms with Crippen LogP contribution in [0.5, 0.6) is 0 Å². The van der Waals surface area contributed by atoms with Crippen molar-refractivity contribution in [3.63, 3.8) is 0 Å². The molecule has 0 saturated carbocycles. The van der Waals surface area contributed by atoms with Crippen LogP contribution >= 0.6 is 11.3 Å². The molecule has 1 heterocycles. The lowest BCUT2D eigenvalue weighted by Crippen LogP contribution is -2.36. The third kappa shape index (κ3) is 5.42. The van der Waals surface area contributed by atoms with Crippen LogP contribution in [-0.4, -0.2) is 17.5 Å². The van der Waals surface area contributed by atoms with Gasteiger partial charge in [-0.1, -0.05) is 0 Å². The molecule has 1 aromatic heterocycles. The Morgan fingerprint density at radius 2 is 2.12 bits per heavy atom. The van der Waals surface area contributed by atoms with Crippen molar-refractivity contribution in [2.75, 3.05) is 6.54 Å². The molecule has 0 aliphatic rings. The molecule has 10 heteroatoms. The van der Waals surface area contributed by atoms with Gasteiger partial charge < -0.3 is 10.6 Å². The summed E-state index contributed by atoms with van der Waals surface area (Å²) in [7, 11) is 0. The summed E-state index contributed by atoms with van der Waals surface area (Å²) in [6.07, 6.45) is -4.48. The van der Waals surface area contributed by atoms with E-state index in [1.807, 2.05) is 13.0 Å². The van der Waals surface area contributed by atoms with E-state index in [9.17, 15) is 17.6 Å². The minimum Gasteiger partial charge on any atom is -0.357 e. The van der Waals surface area contributed by atoms with E-state index in [1.54, 1.807) is 0 Å². The Labute approximate surface area is 151 Å². The monoisotopic (exact) mass is 385 g/mol. The van der Waals surface area contributed by atoms with Crippen LogP contribution in [-0.2, 0) is 19.3 Å². The van der Waals surface area contributed by atoms with Crippen molar-refractivity contribution >= 4 is 17.3 Å². The number of nitrogens with one attached hydrogen (secondary N) is 2. The Bertz CT molecular complexity index is 823. The molecular formula is C16H15F4N5S. The average molecular weight is 385 g/mol. The van der Waals surface area contributed by atoms with Crippen LogP contribution in [0.1, 0.15) is 28.8 Å². The number of benzene rings is 1. The molecule has 0 unspecified atom stereocenters. The molecule has 5 nitrogen and oxygen atoms in total. The molecule has 0 aliphatic heterocycles. The molecule has 0 aliphatic carbocycles. The first-order valence-electron chi connectivity index (χ1n) is 7.55. The number of rotatable bonds is 5. The fourth-order valence-electron chi connectivity index (χ4n) is 1.95. The highest BCUT2D eigenvalue weighted by atomic mass is 32.1. The summed E-state index contributed by atoms with van der Waals surface area (Å²) in [6.45, 7) is 2.35. The van der Waals surface area contributed by atoms with E-state index in [-0.39, 0.29) is 23.7 Å². The van der Waals surface area contributed by atoms with Crippen molar-refractivity contribution in [1.29, 1.82) is 5.26 Å². The third-order valence-corrected chi connectivity index (χ3v) is 4.02. The molecule has 0 bridgehead atoms. The molecule has 0 spiro atoms. The molecule has 2 rings (SSSR count). The predicted octanol–water partition coefficient (Wildman–Crippen LogP) is 3.43. The van der Waals surface area contributed by atoms with Crippen molar-refractivity contribution < 1.29 is 17.6 Å². The number of alkyl halides is 3. The summed E-state index contributed by atoms with van der Waals surface area (Å²) < 4.78 is 51.4. The molecule has 0 saturated heterocycles. The van der Waals surface area contributed by atoms with E-state index in [4.69, 9.17) is 5.26 Å². The van der Waals surface area contributed by atoms with Gasteiger partial charge in [-0.25, -0.2) is 14.4 Å². The maximum absolute atomic E-state index is 13.8. The highest BCUT2D eigenvalue weighted by Crippen LogP contribution is 2.29. The van der Waals surface area contributed by atoms with E-state index in [0.29, 0.717) is 18.1 Å². The largest absolute Gasteiger partial charge is 0.434 e. The number of hydrogen-bond acceptors (Lipinski definition) is 4. The van der Waals surface area contributed by atoms with E-state index in [1.165, 1.54) is 18.2 Å². The average Bonchev–Trinajstić information content (AvgIpc) is 3.08. The topological polar surface area (TPSA) is 73.1 Å². The van der Waals surface area contributed by atoms with Gasteiger partial charge in [0.1, 0.15) is 10.8 Å². The standard InChI is InChI=1S/C16H15F4N5S/c1-2-22-15(23-7-11-5-10(6-21)3-4-12(11)17)24-8-14-25-13(9-26-14)16(18,19)20/h3-5,9H,2,7-8H2,1H3,(H2,22,23,24).